The number of aromatic nitrogens is 1. The summed E-state index contributed by atoms with van der Waals surface area (Å²) in [6.07, 6.45) is 2.32. The Morgan fingerprint density at radius 2 is 1.96 bits per heavy atom. The fourth-order valence-corrected chi connectivity index (χ4v) is 2.46. The number of hydrogen-bond acceptors (Lipinski definition) is 5. The Bertz CT molecular complexity index is 791. The van der Waals surface area contributed by atoms with Crippen LogP contribution >= 0.6 is 0 Å². The third kappa shape index (κ3) is 5.78. The van der Waals surface area contributed by atoms with Gasteiger partial charge in [-0.1, -0.05) is 18.2 Å². The van der Waals surface area contributed by atoms with E-state index in [0.717, 1.165) is 6.26 Å². The SMILES string of the molecule is CS(=O)(=O)CCc1ncc(CC(=O)Oc2ccccc2)cc1F. The highest BCUT2D eigenvalue weighted by atomic mass is 32.2. The van der Waals surface area contributed by atoms with E-state index in [1.54, 1.807) is 30.3 Å². The highest BCUT2D eigenvalue weighted by Gasteiger charge is 2.12. The van der Waals surface area contributed by atoms with Gasteiger partial charge in [0.25, 0.3) is 0 Å². The van der Waals surface area contributed by atoms with Crippen LogP contribution in [-0.4, -0.2) is 31.4 Å². The maximum Gasteiger partial charge on any atom is 0.315 e. The number of sulfone groups is 1. The van der Waals surface area contributed by atoms with E-state index in [-0.39, 0.29) is 24.3 Å². The molecular formula is C16H16FNO4S. The second kappa shape index (κ2) is 7.32. The minimum atomic E-state index is -3.18. The summed E-state index contributed by atoms with van der Waals surface area (Å²) < 4.78 is 41.2. The molecule has 122 valence electrons. The molecule has 0 amide bonds. The molecule has 0 bridgehead atoms. The number of rotatable bonds is 6. The minimum Gasteiger partial charge on any atom is -0.426 e. The lowest BCUT2D eigenvalue weighted by atomic mass is 10.1. The fraction of sp³-hybridized carbons (Fsp3) is 0.250. The van der Waals surface area contributed by atoms with Crippen LogP contribution in [0.1, 0.15) is 11.3 Å². The number of nitrogens with zero attached hydrogens (tertiary/aromatic N) is 1. The van der Waals surface area contributed by atoms with Crippen LogP contribution in [0, 0.1) is 5.82 Å². The van der Waals surface area contributed by atoms with Crippen molar-refractivity contribution in [1.29, 1.82) is 0 Å². The van der Waals surface area contributed by atoms with Gasteiger partial charge in [-0.25, -0.2) is 12.8 Å². The first-order valence-corrected chi connectivity index (χ1v) is 8.96. The van der Waals surface area contributed by atoms with E-state index in [0.29, 0.717) is 11.3 Å². The van der Waals surface area contributed by atoms with Gasteiger partial charge < -0.3 is 4.74 Å². The normalized spacial score (nSPS) is 11.2. The average Bonchev–Trinajstić information content (AvgIpc) is 2.46. The Kier molecular flexibility index (Phi) is 5.44. The monoisotopic (exact) mass is 337 g/mol. The lowest BCUT2D eigenvalue weighted by Gasteiger charge is -2.06. The smallest absolute Gasteiger partial charge is 0.315 e. The number of carbonyl (C=O) groups excluding carboxylic acids is 1. The molecule has 0 spiro atoms. The topological polar surface area (TPSA) is 73.3 Å². The molecule has 0 unspecified atom stereocenters. The third-order valence-corrected chi connectivity index (χ3v) is 3.95. The standard InChI is InChI=1S/C16H16FNO4S/c1-23(20,21)8-7-15-14(17)9-12(11-18-15)10-16(19)22-13-5-3-2-4-6-13/h2-6,9,11H,7-8,10H2,1H3. The number of carbonyl (C=O) groups is 1. The van der Waals surface area contributed by atoms with E-state index < -0.39 is 21.6 Å². The number of hydrogen-bond donors (Lipinski definition) is 0. The van der Waals surface area contributed by atoms with Crippen molar-refractivity contribution >= 4 is 15.8 Å². The second-order valence-electron chi connectivity index (χ2n) is 5.12. The molecule has 0 fully saturated rings. The van der Waals surface area contributed by atoms with Crippen LogP contribution in [-0.2, 0) is 27.5 Å². The third-order valence-electron chi connectivity index (χ3n) is 3.01. The summed E-state index contributed by atoms with van der Waals surface area (Å²) in [6, 6.07) is 9.74. The summed E-state index contributed by atoms with van der Waals surface area (Å²) >= 11 is 0. The highest BCUT2D eigenvalue weighted by Crippen LogP contribution is 2.12. The second-order valence-corrected chi connectivity index (χ2v) is 7.38. The largest absolute Gasteiger partial charge is 0.426 e. The molecular weight excluding hydrogens is 321 g/mol. The van der Waals surface area contributed by atoms with Gasteiger partial charge in [0, 0.05) is 18.9 Å². The molecule has 0 saturated carbocycles. The molecule has 23 heavy (non-hydrogen) atoms. The van der Waals surface area contributed by atoms with Crippen molar-refractivity contribution in [2.45, 2.75) is 12.8 Å². The predicted octanol–water partition coefficient (Wildman–Crippen LogP) is 1.96. The molecule has 0 atom stereocenters. The van der Waals surface area contributed by atoms with Crippen LogP contribution in [0.4, 0.5) is 4.39 Å². The Morgan fingerprint density at radius 1 is 1.26 bits per heavy atom. The van der Waals surface area contributed by atoms with E-state index in [4.69, 9.17) is 4.74 Å². The van der Waals surface area contributed by atoms with Crippen molar-refractivity contribution in [3.63, 3.8) is 0 Å². The minimum absolute atomic E-state index is 0.000587. The van der Waals surface area contributed by atoms with Crippen molar-refractivity contribution in [2.75, 3.05) is 12.0 Å². The molecule has 1 aromatic carbocycles. The summed E-state index contributed by atoms with van der Waals surface area (Å²) in [7, 11) is -3.18. The maximum atomic E-state index is 13.9. The fourth-order valence-electron chi connectivity index (χ4n) is 1.89. The van der Waals surface area contributed by atoms with Gasteiger partial charge in [0.1, 0.15) is 21.4 Å². The van der Waals surface area contributed by atoms with Gasteiger partial charge >= 0.3 is 5.97 Å². The van der Waals surface area contributed by atoms with E-state index in [2.05, 4.69) is 4.98 Å². The van der Waals surface area contributed by atoms with Crippen molar-refractivity contribution < 1.29 is 22.3 Å². The zero-order chi connectivity index (χ0) is 16.9. The number of pyridine rings is 1. The molecule has 5 nitrogen and oxygen atoms in total. The zero-order valence-electron chi connectivity index (χ0n) is 12.5. The van der Waals surface area contributed by atoms with Crippen LogP contribution in [0.25, 0.3) is 0 Å². The Morgan fingerprint density at radius 3 is 2.57 bits per heavy atom. The summed E-state index contributed by atoms with van der Waals surface area (Å²) in [6.45, 7) is 0. The van der Waals surface area contributed by atoms with Gasteiger partial charge in [-0.15, -0.1) is 0 Å². The molecule has 0 radical (unpaired) electrons. The molecule has 0 saturated heterocycles. The molecule has 2 aromatic rings. The Labute approximate surface area is 134 Å². The van der Waals surface area contributed by atoms with Gasteiger partial charge in [-0.2, -0.15) is 0 Å². The van der Waals surface area contributed by atoms with E-state index in [1.165, 1.54) is 12.3 Å². The number of aryl methyl sites for hydroxylation is 1. The number of esters is 1. The van der Waals surface area contributed by atoms with Crippen LogP contribution < -0.4 is 4.74 Å². The van der Waals surface area contributed by atoms with Gasteiger partial charge in [-0.3, -0.25) is 9.78 Å². The quantitative estimate of drug-likeness (QED) is 0.595. The van der Waals surface area contributed by atoms with Gasteiger partial charge in [0.15, 0.2) is 0 Å². The van der Waals surface area contributed by atoms with Crippen molar-refractivity contribution in [3.8, 4) is 5.75 Å². The maximum absolute atomic E-state index is 13.9. The van der Waals surface area contributed by atoms with Gasteiger partial charge in [0.05, 0.1) is 17.9 Å². The molecule has 0 N–H and O–H groups in total. The summed E-state index contributed by atoms with van der Waals surface area (Å²) in [4.78, 5) is 15.7. The highest BCUT2D eigenvalue weighted by molar-refractivity contribution is 7.90. The summed E-state index contributed by atoms with van der Waals surface area (Å²) in [5.41, 5.74) is 0.433. The van der Waals surface area contributed by atoms with Crippen LogP contribution in [0.5, 0.6) is 5.75 Å². The van der Waals surface area contributed by atoms with Gasteiger partial charge in [-0.05, 0) is 23.8 Å². The summed E-state index contributed by atoms with van der Waals surface area (Å²) in [5.74, 6) is -0.914. The van der Waals surface area contributed by atoms with E-state index in [1.807, 2.05) is 0 Å². The van der Waals surface area contributed by atoms with Crippen molar-refractivity contribution in [3.05, 3.63) is 59.7 Å². The molecule has 0 aliphatic rings. The predicted molar refractivity (Wildman–Crippen MR) is 83.4 cm³/mol. The first-order valence-electron chi connectivity index (χ1n) is 6.90. The first-order chi connectivity index (χ1) is 10.8. The molecule has 7 heteroatoms. The number of halogens is 1. The lowest BCUT2D eigenvalue weighted by molar-refractivity contribution is -0.133. The molecule has 1 aromatic heterocycles. The molecule has 0 aliphatic carbocycles. The lowest BCUT2D eigenvalue weighted by Crippen LogP contribution is -2.13. The van der Waals surface area contributed by atoms with Crippen molar-refractivity contribution in [1.82, 2.24) is 4.98 Å². The first kappa shape index (κ1) is 17.1. The van der Waals surface area contributed by atoms with Crippen molar-refractivity contribution in [2.24, 2.45) is 0 Å². The van der Waals surface area contributed by atoms with Gasteiger partial charge in [0.2, 0.25) is 0 Å². The van der Waals surface area contributed by atoms with Crippen LogP contribution in [0.2, 0.25) is 0 Å². The molecule has 1 heterocycles. The number of para-hydroxylation sites is 1. The number of ether oxygens (including phenoxy) is 1. The summed E-state index contributed by atoms with van der Waals surface area (Å²) in [5, 5.41) is 0. The molecule has 2 rings (SSSR count). The zero-order valence-corrected chi connectivity index (χ0v) is 13.3. The average molecular weight is 337 g/mol. The van der Waals surface area contributed by atoms with Crippen LogP contribution in [0.3, 0.4) is 0 Å². The van der Waals surface area contributed by atoms with E-state index >= 15 is 0 Å². The Hall–Kier alpha value is -2.28. The van der Waals surface area contributed by atoms with E-state index in [9.17, 15) is 17.6 Å². The number of benzene rings is 1. The Balaban J connectivity index is 1.98. The van der Waals surface area contributed by atoms with Crippen LogP contribution in [0.15, 0.2) is 42.6 Å². The molecule has 0 aliphatic heterocycles.